The SMILES string of the molecule is O=C1NC(=Nc2cccc(Br)c2)S/C1=C\c1cc(Br)c(OCc2ccccc2)c(Br)c1. The van der Waals surface area contributed by atoms with Gasteiger partial charge in [-0.2, -0.15) is 0 Å². The zero-order chi connectivity index (χ0) is 21.8. The first-order chi connectivity index (χ1) is 15.0. The van der Waals surface area contributed by atoms with E-state index in [2.05, 4.69) is 58.1 Å². The maximum absolute atomic E-state index is 12.4. The zero-order valence-electron chi connectivity index (χ0n) is 15.9. The number of amides is 1. The molecule has 0 aliphatic carbocycles. The van der Waals surface area contributed by atoms with Gasteiger partial charge in [-0.25, -0.2) is 4.99 Å². The summed E-state index contributed by atoms with van der Waals surface area (Å²) >= 11 is 11.9. The molecule has 1 heterocycles. The second kappa shape index (κ2) is 10.2. The van der Waals surface area contributed by atoms with Gasteiger partial charge >= 0.3 is 0 Å². The highest BCUT2D eigenvalue weighted by Crippen LogP contribution is 2.37. The van der Waals surface area contributed by atoms with Crippen LogP contribution < -0.4 is 10.1 Å². The summed E-state index contributed by atoms with van der Waals surface area (Å²) in [6.07, 6.45) is 1.83. The molecule has 1 aliphatic heterocycles. The van der Waals surface area contributed by atoms with Crippen LogP contribution in [0.4, 0.5) is 5.69 Å². The lowest BCUT2D eigenvalue weighted by atomic mass is 10.2. The summed E-state index contributed by atoms with van der Waals surface area (Å²) in [6.45, 7) is 0.464. The number of nitrogens with zero attached hydrogens (tertiary/aromatic N) is 1. The highest BCUT2D eigenvalue weighted by Gasteiger charge is 2.24. The third kappa shape index (κ3) is 5.88. The number of thioether (sulfide) groups is 1. The molecule has 1 N–H and O–H groups in total. The maximum atomic E-state index is 12.4. The van der Waals surface area contributed by atoms with Gasteiger partial charge in [0.1, 0.15) is 12.4 Å². The molecule has 0 spiro atoms. The van der Waals surface area contributed by atoms with Gasteiger partial charge in [-0.05, 0) is 91.2 Å². The maximum Gasteiger partial charge on any atom is 0.264 e. The minimum atomic E-state index is -0.171. The lowest BCUT2D eigenvalue weighted by Gasteiger charge is -2.11. The van der Waals surface area contributed by atoms with Crippen molar-refractivity contribution in [1.29, 1.82) is 0 Å². The lowest BCUT2D eigenvalue weighted by Crippen LogP contribution is -2.19. The number of carbonyl (C=O) groups is 1. The van der Waals surface area contributed by atoms with Gasteiger partial charge in [0.05, 0.1) is 19.5 Å². The number of ether oxygens (including phenoxy) is 1. The van der Waals surface area contributed by atoms with Gasteiger partial charge in [-0.15, -0.1) is 0 Å². The van der Waals surface area contributed by atoms with Crippen molar-refractivity contribution in [3.05, 3.63) is 96.2 Å². The van der Waals surface area contributed by atoms with Gasteiger partial charge in [0.25, 0.3) is 5.91 Å². The number of amidine groups is 1. The van der Waals surface area contributed by atoms with Crippen molar-refractivity contribution in [2.75, 3.05) is 0 Å². The Morgan fingerprint density at radius 1 is 0.968 bits per heavy atom. The first-order valence-electron chi connectivity index (χ1n) is 9.19. The van der Waals surface area contributed by atoms with Crippen LogP contribution in [-0.2, 0) is 11.4 Å². The summed E-state index contributed by atoms with van der Waals surface area (Å²) in [5, 5.41) is 3.36. The van der Waals surface area contributed by atoms with E-state index in [1.807, 2.05) is 72.8 Å². The van der Waals surface area contributed by atoms with Crippen LogP contribution in [0, 0.1) is 0 Å². The number of aliphatic imine (C=N–C) groups is 1. The molecule has 4 rings (SSSR count). The largest absolute Gasteiger partial charge is 0.487 e. The molecule has 4 nitrogen and oxygen atoms in total. The van der Waals surface area contributed by atoms with Crippen molar-refractivity contribution in [3.63, 3.8) is 0 Å². The molecule has 0 radical (unpaired) electrons. The van der Waals surface area contributed by atoms with E-state index in [-0.39, 0.29) is 5.91 Å². The molecule has 0 atom stereocenters. The van der Waals surface area contributed by atoms with Gasteiger partial charge in [0.2, 0.25) is 0 Å². The fourth-order valence-corrected chi connectivity index (χ4v) is 5.51. The molecule has 0 unspecified atom stereocenters. The van der Waals surface area contributed by atoms with Gasteiger partial charge in [0, 0.05) is 4.47 Å². The first kappa shape index (κ1) is 22.3. The molecular weight excluding hydrogens is 608 g/mol. The summed E-state index contributed by atoms with van der Waals surface area (Å²) < 4.78 is 8.51. The third-order valence-electron chi connectivity index (χ3n) is 4.23. The Bertz CT molecular complexity index is 1170. The topological polar surface area (TPSA) is 50.7 Å². The van der Waals surface area contributed by atoms with E-state index in [4.69, 9.17) is 4.74 Å². The van der Waals surface area contributed by atoms with Crippen molar-refractivity contribution in [2.45, 2.75) is 6.61 Å². The molecule has 1 aliphatic rings. The van der Waals surface area contributed by atoms with Gasteiger partial charge in [0.15, 0.2) is 5.17 Å². The van der Waals surface area contributed by atoms with Crippen LogP contribution >= 0.6 is 59.6 Å². The van der Waals surface area contributed by atoms with Gasteiger partial charge in [-0.3, -0.25) is 4.79 Å². The fourth-order valence-electron chi connectivity index (χ4n) is 2.83. The highest BCUT2D eigenvalue weighted by atomic mass is 79.9. The number of nitrogens with one attached hydrogen (secondary N) is 1. The van der Waals surface area contributed by atoms with Gasteiger partial charge < -0.3 is 10.1 Å². The second-order valence-electron chi connectivity index (χ2n) is 6.55. The molecular formula is C23H15Br3N2O2S. The van der Waals surface area contributed by atoms with Crippen LogP contribution in [0.3, 0.4) is 0 Å². The molecule has 3 aromatic rings. The molecule has 156 valence electrons. The van der Waals surface area contributed by atoms with Crippen LogP contribution in [0.1, 0.15) is 11.1 Å². The summed E-state index contributed by atoms with van der Waals surface area (Å²) in [5.41, 5.74) is 2.72. The number of hydrogen-bond donors (Lipinski definition) is 1. The standard InChI is InChI=1S/C23H15Br3N2O2S/c24-16-7-4-8-17(12-16)27-23-28-22(29)20(31-23)11-15-9-18(25)21(19(26)10-15)30-13-14-5-2-1-3-6-14/h1-12H,13H2,(H,27,28,29)/b20-11-. The lowest BCUT2D eigenvalue weighted by molar-refractivity contribution is -0.115. The molecule has 31 heavy (non-hydrogen) atoms. The molecule has 0 bridgehead atoms. The number of carbonyl (C=O) groups excluding carboxylic acids is 1. The Morgan fingerprint density at radius 3 is 2.42 bits per heavy atom. The number of halogens is 3. The summed E-state index contributed by atoms with van der Waals surface area (Å²) in [6, 6.07) is 21.4. The molecule has 3 aromatic carbocycles. The van der Waals surface area contributed by atoms with E-state index in [1.54, 1.807) is 0 Å². The summed E-state index contributed by atoms with van der Waals surface area (Å²) in [5.74, 6) is 0.543. The Morgan fingerprint density at radius 2 is 1.71 bits per heavy atom. The van der Waals surface area contributed by atoms with Crippen LogP contribution in [-0.4, -0.2) is 11.1 Å². The number of benzene rings is 3. The first-order valence-corrected chi connectivity index (χ1v) is 12.4. The number of hydrogen-bond acceptors (Lipinski definition) is 4. The van der Waals surface area contributed by atoms with E-state index in [0.717, 1.165) is 30.2 Å². The average molecular weight is 623 g/mol. The van der Waals surface area contributed by atoms with E-state index < -0.39 is 0 Å². The van der Waals surface area contributed by atoms with E-state index in [0.29, 0.717) is 22.4 Å². The summed E-state index contributed by atoms with van der Waals surface area (Å²) in [7, 11) is 0. The van der Waals surface area contributed by atoms with Crippen LogP contribution in [0.25, 0.3) is 6.08 Å². The molecule has 1 fully saturated rings. The molecule has 8 heteroatoms. The van der Waals surface area contributed by atoms with Gasteiger partial charge in [-0.1, -0.05) is 52.3 Å². The van der Waals surface area contributed by atoms with Crippen molar-refractivity contribution in [2.24, 2.45) is 4.99 Å². The molecule has 0 aromatic heterocycles. The quantitative estimate of drug-likeness (QED) is 0.301. The van der Waals surface area contributed by atoms with Crippen molar-refractivity contribution in [3.8, 4) is 5.75 Å². The van der Waals surface area contributed by atoms with Crippen LogP contribution in [0.15, 0.2) is 90.0 Å². The van der Waals surface area contributed by atoms with Crippen molar-refractivity contribution in [1.82, 2.24) is 5.32 Å². The average Bonchev–Trinajstić information content (AvgIpc) is 3.06. The normalized spacial score (nSPS) is 16.0. The minimum Gasteiger partial charge on any atom is -0.487 e. The minimum absolute atomic E-state index is 0.171. The Balaban J connectivity index is 1.51. The van der Waals surface area contributed by atoms with Crippen molar-refractivity contribution < 1.29 is 9.53 Å². The van der Waals surface area contributed by atoms with Crippen LogP contribution in [0.2, 0.25) is 0 Å². The second-order valence-corrected chi connectivity index (χ2v) is 10.2. The summed E-state index contributed by atoms with van der Waals surface area (Å²) in [4.78, 5) is 17.5. The zero-order valence-corrected chi connectivity index (χ0v) is 21.5. The number of rotatable bonds is 5. The highest BCUT2D eigenvalue weighted by molar-refractivity contribution is 9.11. The Labute approximate surface area is 209 Å². The van der Waals surface area contributed by atoms with E-state index >= 15 is 0 Å². The predicted molar refractivity (Wildman–Crippen MR) is 138 cm³/mol. The fraction of sp³-hybridized carbons (Fsp3) is 0.0435. The monoisotopic (exact) mass is 620 g/mol. The molecule has 1 saturated heterocycles. The third-order valence-corrected chi connectivity index (χ3v) is 6.82. The van der Waals surface area contributed by atoms with Crippen molar-refractivity contribution >= 4 is 82.4 Å². The molecule has 0 saturated carbocycles. The smallest absolute Gasteiger partial charge is 0.264 e. The van der Waals surface area contributed by atoms with E-state index in [1.165, 1.54) is 11.8 Å². The Hall–Kier alpha value is -1.87. The van der Waals surface area contributed by atoms with E-state index in [9.17, 15) is 4.79 Å². The molecule has 1 amide bonds. The van der Waals surface area contributed by atoms with Crippen LogP contribution in [0.5, 0.6) is 5.75 Å². The predicted octanol–water partition coefficient (Wildman–Crippen LogP) is 7.44. The Kier molecular flexibility index (Phi) is 7.32.